The lowest BCUT2D eigenvalue weighted by Crippen LogP contribution is -2.28. The van der Waals surface area contributed by atoms with E-state index in [0.717, 1.165) is 5.56 Å². The fraction of sp³-hybridized carbons (Fsp3) is 0.222. The average molecular weight is 361 g/mol. The first kappa shape index (κ1) is 18.7. The Labute approximate surface area is 151 Å². The van der Waals surface area contributed by atoms with E-state index in [2.05, 4.69) is 15.8 Å². The van der Waals surface area contributed by atoms with Crippen LogP contribution in [0.3, 0.4) is 0 Å². The summed E-state index contributed by atoms with van der Waals surface area (Å²) in [6.45, 7) is 2.49. The zero-order valence-electron chi connectivity index (χ0n) is 14.1. The predicted octanol–water partition coefficient (Wildman–Crippen LogP) is 3.23. The molecule has 2 aromatic rings. The second kappa shape index (κ2) is 9.58. The quantitative estimate of drug-likeness (QED) is 0.450. The van der Waals surface area contributed by atoms with Crippen LogP contribution >= 0.6 is 12.2 Å². The van der Waals surface area contributed by atoms with Crippen molar-refractivity contribution in [1.82, 2.24) is 10.7 Å². The van der Waals surface area contributed by atoms with E-state index in [4.69, 9.17) is 21.7 Å². The Morgan fingerprint density at radius 1 is 1.20 bits per heavy atom. The molecule has 0 amide bonds. The van der Waals surface area contributed by atoms with Crippen LogP contribution < -0.4 is 20.2 Å². The normalized spacial score (nSPS) is 10.5. The molecule has 2 rings (SSSR count). The summed E-state index contributed by atoms with van der Waals surface area (Å²) in [6.07, 6.45) is 1.62. The van der Waals surface area contributed by atoms with Crippen molar-refractivity contribution in [3.8, 4) is 11.5 Å². The third-order valence-corrected chi connectivity index (χ3v) is 3.51. The lowest BCUT2D eigenvalue weighted by Gasteiger charge is -2.13. The van der Waals surface area contributed by atoms with Gasteiger partial charge in [-0.15, -0.1) is 0 Å². The summed E-state index contributed by atoms with van der Waals surface area (Å²) in [7, 11) is 1.71. The molecule has 0 bridgehead atoms. The Balaban J connectivity index is 2.10. The third kappa shape index (κ3) is 5.72. The van der Waals surface area contributed by atoms with Gasteiger partial charge < -0.3 is 14.8 Å². The first-order valence-corrected chi connectivity index (χ1v) is 8.18. The van der Waals surface area contributed by atoms with Gasteiger partial charge in [-0.2, -0.15) is 5.10 Å². The van der Waals surface area contributed by atoms with Crippen molar-refractivity contribution in [1.29, 1.82) is 0 Å². The number of hydrazone groups is 1. The fourth-order valence-corrected chi connectivity index (χ4v) is 2.04. The molecule has 0 spiro atoms. The second-order valence-electron chi connectivity index (χ2n) is 4.97. The van der Waals surface area contributed by atoms with Gasteiger partial charge in [-0.1, -0.05) is 18.2 Å². The molecule has 0 aliphatic carbocycles. The Kier molecular flexibility index (Phi) is 7.16. The maximum Gasteiger partial charge on any atom is 0.186 e. The molecule has 0 aliphatic heterocycles. The minimum Gasteiger partial charge on any atom is -0.490 e. The number of thiocarbonyl (C=S) groups is 1. The Bertz CT molecular complexity index is 753. The lowest BCUT2D eigenvalue weighted by molar-refractivity contribution is 0.266. The molecule has 25 heavy (non-hydrogen) atoms. The third-order valence-electron chi connectivity index (χ3n) is 3.22. The first-order valence-electron chi connectivity index (χ1n) is 7.78. The van der Waals surface area contributed by atoms with Gasteiger partial charge in [0, 0.05) is 12.6 Å². The summed E-state index contributed by atoms with van der Waals surface area (Å²) < 4.78 is 25.0. The van der Waals surface area contributed by atoms with Crippen LogP contribution in [0.2, 0.25) is 0 Å². The van der Waals surface area contributed by atoms with E-state index in [1.165, 1.54) is 6.07 Å². The molecule has 0 aromatic heterocycles. The van der Waals surface area contributed by atoms with Crippen LogP contribution in [0.25, 0.3) is 0 Å². The molecule has 0 heterocycles. The topological polar surface area (TPSA) is 54.9 Å². The molecule has 7 heteroatoms. The highest BCUT2D eigenvalue weighted by atomic mass is 32.1. The molecule has 2 N–H and O–H groups in total. The van der Waals surface area contributed by atoms with Crippen molar-refractivity contribution in [2.24, 2.45) is 5.10 Å². The van der Waals surface area contributed by atoms with Gasteiger partial charge in [0.2, 0.25) is 0 Å². The highest BCUT2D eigenvalue weighted by Gasteiger charge is 2.08. The number of rotatable bonds is 7. The average Bonchev–Trinajstić information content (AvgIpc) is 2.62. The van der Waals surface area contributed by atoms with E-state index in [0.29, 0.717) is 28.8 Å². The molecule has 0 saturated carbocycles. The first-order chi connectivity index (χ1) is 12.1. The van der Waals surface area contributed by atoms with Crippen molar-refractivity contribution in [3.63, 3.8) is 0 Å². The van der Waals surface area contributed by atoms with Gasteiger partial charge in [0.05, 0.1) is 12.8 Å². The van der Waals surface area contributed by atoms with Gasteiger partial charge in [-0.3, -0.25) is 5.43 Å². The molecule has 0 fully saturated rings. The minimum atomic E-state index is -0.296. The number of hydrogen-bond acceptors (Lipinski definition) is 4. The SMILES string of the molecule is CCOc1cc(/C=N\NC(=S)NC)ccc1OCc1ccccc1F. The molecule has 0 atom stereocenters. The number of nitrogens with one attached hydrogen (secondary N) is 2. The molecule has 2 aromatic carbocycles. The molecule has 0 saturated heterocycles. The van der Waals surface area contributed by atoms with Crippen molar-refractivity contribution >= 4 is 23.5 Å². The molecule has 0 radical (unpaired) electrons. The van der Waals surface area contributed by atoms with Gasteiger partial charge in [0.15, 0.2) is 16.6 Å². The van der Waals surface area contributed by atoms with Gasteiger partial charge in [0.1, 0.15) is 12.4 Å². The number of benzene rings is 2. The zero-order valence-corrected chi connectivity index (χ0v) is 14.9. The highest BCUT2D eigenvalue weighted by Crippen LogP contribution is 2.29. The van der Waals surface area contributed by atoms with Crippen LogP contribution in [0.1, 0.15) is 18.1 Å². The predicted molar refractivity (Wildman–Crippen MR) is 101 cm³/mol. The Morgan fingerprint density at radius 3 is 2.72 bits per heavy atom. The van der Waals surface area contributed by atoms with Crippen molar-refractivity contribution in [3.05, 3.63) is 59.4 Å². The van der Waals surface area contributed by atoms with Crippen molar-refractivity contribution in [2.75, 3.05) is 13.7 Å². The van der Waals surface area contributed by atoms with Gasteiger partial charge in [-0.25, -0.2) is 4.39 Å². The lowest BCUT2D eigenvalue weighted by atomic mass is 10.2. The summed E-state index contributed by atoms with van der Waals surface area (Å²) in [5.41, 5.74) is 3.98. The molecule has 5 nitrogen and oxygen atoms in total. The fourth-order valence-electron chi connectivity index (χ4n) is 1.98. The van der Waals surface area contributed by atoms with Crippen LogP contribution in [-0.2, 0) is 6.61 Å². The van der Waals surface area contributed by atoms with Crippen LogP contribution in [0.15, 0.2) is 47.6 Å². The Morgan fingerprint density at radius 2 is 2.00 bits per heavy atom. The van der Waals surface area contributed by atoms with E-state index in [9.17, 15) is 4.39 Å². The highest BCUT2D eigenvalue weighted by molar-refractivity contribution is 7.80. The van der Waals surface area contributed by atoms with Gasteiger partial charge in [0.25, 0.3) is 0 Å². The summed E-state index contributed by atoms with van der Waals surface area (Å²) in [5.74, 6) is 0.815. The maximum atomic E-state index is 13.7. The second-order valence-corrected chi connectivity index (χ2v) is 5.38. The summed E-state index contributed by atoms with van der Waals surface area (Å²) in [5, 5.41) is 7.21. The maximum absolute atomic E-state index is 13.7. The summed E-state index contributed by atoms with van der Waals surface area (Å²) in [4.78, 5) is 0. The monoisotopic (exact) mass is 361 g/mol. The molecule has 0 unspecified atom stereocenters. The molecule has 0 aliphatic rings. The van der Waals surface area contributed by atoms with Crippen molar-refractivity contribution in [2.45, 2.75) is 13.5 Å². The zero-order chi connectivity index (χ0) is 18.1. The largest absolute Gasteiger partial charge is 0.490 e. The van der Waals surface area contributed by atoms with Crippen molar-refractivity contribution < 1.29 is 13.9 Å². The summed E-state index contributed by atoms with van der Waals surface area (Å²) in [6, 6.07) is 11.9. The standard InChI is InChI=1S/C18H20FN3O2S/c1-3-23-17-10-13(11-21-22-18(25)20-2)8-9-16(17)24-12-14-6-4-5-7-15(14)19/h4-11H,3,12H2,1-2H3,(H2,20,22,25)/b21-11-. The molecular weight excluding hydrogens is 341 g/mol. The van der Waals surface area contributed by atoms with Crippen LogP contribution in [0, 0.1) is 5.82 Å². The van der Waals surface area contributed by atoms with Crippen LogP contribution in [0.5, 0.6) is 11.5 Å². The summed E-state index contributed by atoms with van der Waals surface area (Å²) >= 11 is 4.94. The minimum absolute atomic E-state index is 0.123. The van der Waals surface area contributed by atoms with Crippen LogP contribution in [-0.4, -0.2) is 25.0 Å². The van der Waals surface area contributed by atoms with Crippen LogP contribution in [0.4, 0.5) is 4.39 Å². The van der Waals surface area contributed by atoms with E-state index >= 15 is 0 Å². The number of hydrogen-bond donors (Lipinski definition) is 2. The van der Waals surface area contributed by atoms with Gasteiger partial charge in [-0.05, 0) is 49.0 Å². The van der Waals surface area contributed by atoms with E-state index in [1.54, 1.807) is 43.6 Å². The van der Waals surface area contributed by atoms with E-state index in [-0.39, 0.29) is 12.4 Å². The van der Waals surface area contributed by atoms with E-state index in [1.807, 2.05) is 13.0 Å². The molecule has 132 valence electrons. The molecular formula is C18H20FN3O2S. The number of nitrogens with zero attached hydrogens (tertiary/aromatic N) is 1. The smallest absolute Gasteiger partial charge is 0.186 e. The van der Waals surface area contributed by atoms with E-state index < -0.39 is 0 Å². The number of ether oxygens (including phenoxy) is 2. The Hall–Kier alpha value is -2.67. The number of halogens is 1. The van der Waals surface area contributed by atoms with Gasteiger partial charge >= 0.3 is 0 Å².